The zero-order valence-electron chi connectivity index (χ0n) is 21.5. The molecule has 1 aromatic heterocycles. The minimum atomic E-state index is -0.170. The van der Waals surface area contributed by atoms with Crippen molar-refractivity contribution in [3.05, 3.63) is 75.6 Å². The van der Waals surface area contributed by atoms with Crippen molar-refractivity contribution in [2.24, 2.45) is 0 Å². The summed E-state index contributed by atoms with van der Waals surface area (Å²) in [7, 11) is 0. The number of para-hydroxylation sites is 1. The molecule has 0 N–H and O–H groups in total. The van der Waals surface area contributed by atoms with Crippen molar-refractivity contribution >= 4 is 17.7 Å². The molecule has 1 amide bonds. The summed E-state index contributed by atoms with van der Waals surface area (Å²) in [5, 5.41) is 0.594. The van der Waals surface area contributed by atoms with E-state index in [9.17, 15) is 9.59 Å². The van der Waals surface area contributed by atoms with E-state index in [0.717, 1.165) is 60.2 Å². The number of aryl methyl sites for hydroxylation is 1. The molecule has 2 aliphatic carbocycles. The number of carbonyl (C=O) groups is 1. The Hall–Kier alpha value is -2.86. The molecule has 0 bridgehead atoms. The Kier molecular flexibility index (Phi) is 7.07. The van der Waals surface area contributed by atoms with Gasteiger partial charge in [-0.1, -0.05) is 73.5 Å². The molecule has 1 spiro atoms. The second-order valence-electron chi connectivity index (χ2n) is 10.1. The van der Waals surface area contributed by atoms with E-state index < -0.39 is 0 Å². The lowest BCUT2D eigenvalue weighted by Crippen LogP contribution is -2.43. The van der Waals surface area contributed by atoms with Crippen LogP contribution in [0.5, 0.6) is 0 Å². The number of benzene rings is 2. The molecule has 188 valence electrons. The molecule has 0 saturated heterocycles. The SMILES string of the molecule is CCN(CC)C(=O)CSc1nc2c(c(=O)n1-c1ccccc1C)C1(CCCCC1)Cc1ccccc1-2. The molecule has 2 aliphatic rings. The zero-order valence-corrected chi connectivity index (χ0v) is 22.4. The van der Waals surface area contributed by atoms with Crippen LogP contribution >= 0.6 is 11.8 Å². The minimum Gasteiger partial charge on any atom is -0.343 e. The molecule has 2 aromatic carbocycles. The Morgan fingerprint density at radius 2 is 1.72 bits per heavy atom. The van der Waals surface area contributed by atoms with Gasteiger partial charge in [-0.05, 0) is 57.2 Å². The van der Waals surface area contributed by atoms with Crippen molar-refractivity contribution in [1.82, 2.24) is 14.5 Å². The summed E-state index contributed by atoms with van der Waals surface area (Å²) in [5.41, 5.74) is 5.78. The largest absolute Gasteiger partial charge is 0.343 e. The second kappa shape index (κ2) is 10.3. The first-order valence-electron chi connectivity index (χ1n) is 13.2. The van der Waals surface area contributed by atoms with Crippen LogP contribution in [-0.4, -0.2) is 39.2 Å². The van der Waals surface area contributed by atoms with Crippen LogP contribution < -0.4 is 5.56 Å². The average Bonchev–Trinajstić information content (AvgIpc) is 2.89. The Balaban J connectivity index is 1.73. The molecule has 0 aliphatic heterocycles. The molecular formula is C30H35N3O2S. The third-order valence-electron chi connectivity index (χ3n) is 7.99. The first-order chi connectivity index (χ1) is 17.5. The van der Waals surface area contributed by atoms with Gasteiger partial charge < -0.3 is 4.90 Å². The number of fused-ring (bicyclic) bond motifs is 4. The molecule has 3 aromatic rings. The van der Waals surface area contributed by atoms with Gasteiger partial charge in [0.1, 0.15) is 0 Å². The first kappa shape index (κ1) is 24.8. The molecule has 1 saturated carbocycles. The molecule has 1 heterocycles. The van der Waals surface area contributed by atoms with E-state index in [4.69, 9.17) is 4.98 Å². The van der Waals surface area contributed by atoms with Crippen molar-refractivity contribution in [3.63, 3.8) is 0 Å². The highest BCUT2D eigenvalue weighted by atomic mass is 32.2. The van der Waals surface area contributed by atoms with Crippen molar-refractivity contribution in [2.45, 2.75) is 69.9 Å². The summed E-state index contributed by atoms with van der Waals surface area (Å²) in [4.78, 5) is 34.5. The molecule has 5 nitrogen and oxygen atoms in total. The van der Waals surface area contributed by atoms with Crippen LogP contribution in [0.25, 0.3) is 16.9 Å². The maximum Gasteiger partial charge on any atom is 0.263 e. The van der Waals surface area contributed by atoms with Crippen molar-refractivity contribution in [1.29, 1.82) is 0 Å². The smallest absolute Gasteiger partial charge is 0.263 e. The fourth-order valence-corrected chi connectivity index (χ4v) is 7.01. The Morgan fingerprint density at radius 3 is 2.44 bits per heavy atom. The van der Waals surface area contributed by atoms with Gasteiger partial charge in [0.2, 0.25) is 5.91 Å². The molecule has 0 atom stereocenters. The van der Waals surface area contributed by atoms with Gasteiger partial charge >= 0.3 is 0 Å². The maximum atomic E-state index is 14.6. The van der Waals surface area contributed by atoms with Gasteiger partial charge in [0, 0.05) is 24.1 Å². The van der Waals surface area contributed by atoms with E-state index in [-0.39, 0.29) is 22.6 Å². The average molecular weight is 502 g/mol. The van der Waals surface area contributed by atoms with Crippen LogP contribution in [-0.2, 0) is 16.6 Å². The van der Waals surface area contributed by atoms with Gasteiger partial charge in [0.25, 0.3) is 5.56 Å². The van der Waals surface area contributed by atoms with E-state index in [1.807, 2.05) is 56.0 Å². The fraction of sp³-hybridized carbons (Fsp3) is 0.433. The van der Waals surface area contributed by atoms with Crippen LogP contribution in [0.2, 0.25) is 0 Å². The predicted octanol–water partition coefficient (Wildman–Crippen LogP) is 5.93. The van der Waals surface area contributed by atoms with Crippen LogP contribution in [0.1, 0.15) is 62.6 Å². The molecular weight excluding hydrogens is 466 g/mol. The van der Waals surface area contributed by atoms with Crippen molar-refractivity contribution < 1.29 is 4.79 Å². The Labute approximate surface area is 217 Å². The highest BCUT2D eigenvalue weighted by Gasteiger charge is 2.43. The van der Waals surface area contributed by atoms with Gasteiger partial charge in [-0.3, -0.25) is 14.2 Å². The lowest BCUT2D eigenvalue weighted by molar-refractivity contribution is -0.127. The number of aromatic nitrogens is 2. The number of amides is 1. The molecule has 1 fully saturated rings. The Morgan fingerprint density at radius 1 is 1.03 bits per heavy atom. The van der Waals surface area contributed by atoms with Crippen molar-refractivity contribution in [3.8, 4) is 16.9 Å². The lowest BCUT2D eigenvalue weighted by atomic mass is 9.62. The minimum absolute atomic E-state index is 0.0310. The first-order valence-corrected chi connectivity index (χ1v) is 14.2. The number of hydrogen-bond acceptors (Lipinski definition) is 4. The predicted molar refractivity (Wildman–Crippen MR) is 147 cm³/mol. The Bertz CT molecular complexity index is 1340. The summed E-state index contributed by atoms with van der Waals surface area (Å²) in [5.74, 6) is 0.323. The monoisotopic (exact) mass is 501 g/mol. The topological polar surface area (TPSA) is 55.2 Å². The second-order valence-corrected chi connectivity index (χ2v) is 11.0. The van der Waals surface area contributed by atoms with Crippen LogP contribution in [0.15, 0.2) is 58.5 Å². The number of carbonyl (C=O) groups excluding carboxylic acids is 1. The van der Waals surface area contributed by atoms with E-state index in [0.29, 0.717) is 18.2 Å². The molecule has 6 heteroatoms. The highest BCUT2D eigenvalue weighted by molar-refractivity contribution is 7.99. The van der Waals surface area contributed by atoms with E-state index in [1.54, 1.807) is 4.57 Å². The molecule has 36 heavy (non-hydrogen) atoms. The van der Waals surface area contributed by atoms with E-state index in [1.165, 1.54) is 23.7 Å². The molecule has 5 rings (SSSR count). The number of hydrogen-bond donors (Lipinski definition) is 0. The number of thioether (sulfide) groups is 1. The molecule has 0 unspecified atom stereocenters. The summed E-state index contributed by atoms with van der Waals surface area (Å²) in [6.45, 7) is 7.37. The third-order valence-corrected chi connectivity index (χ3v) is 8.92. The number of rotatable bonds is 6. The van der Waals surface area contributed by atoms with E-state index in [2.05, 4.69) is 18.2 Å². The van der Waals surface area contributed by atoms with Crippen LogP contribution in [0, 0.1) is 6.92 Å². The summed E-state index contributed by atoms with van der Waals surface area (Å²) >= 11 is 1.38. The van der Waals surface area contributed by atoms with Gasteiger partial charge in [0.15, 0.2) is 5.16 Å². The highest BCUT2D eigenvalue weighted by Crippen LogP contribution is 2.49. The zero-order chi connectivity index (χ0) is 25.3. The summed E-state index contributed by atoms with van der Waals surface area (Å²) in [6, 6.07) is 16.4. The summed E-state index contributed by atoms with van der Waals surface area (Å²) < 4.78 is 1.79. The van der Waals surface area contributed by atoms with Gasteiger partial charge in [-0.2, -0.15) is 0 Å². The van der Waals surface area contributed by atoms with E-state index >= 15 is 0 Å². The quantitative estimate of drug-likeness (QED) is 0.310. The van der Waals surface area contributed by atoms with Gasteiger partial charge in [-0.15, -0.1) is 0 Å². The van der Waals surface area contributed by atoms with Crippen LogP contribution in [0.4, 0.5) is 0 Å². The van der Waals surface area contributed by atoms with Gasteiger partial charge in [0.05, 0.1) is 22.7 Å². The molecule has 0 radical (unpaired) electrons. The lowest BCUT2D eigenvalue weighted by Gasteiger charge is -2.42. The fourth-order valence-electron chi connectivity index (χ4n) is 6.11. The standard InChI is InChI=1S/C30H35N3O2S/c1-4-32(5-2)25(34)20-36-29-31-27-23-15-9-8-14-22(23)19-30(17-11-6-12-18-30)26(27)28(35)33(29)24-16-10-7-13-21(24)3/h7-10,13-16H,4-6,11-12,17-20H2,1-3H3. The normalized spacial score (nSPS) is 15.9. The van der Waals surface area contributed by atoms with Crippen molar-refractivity contribution in [2.75, 3.05) is 18.8 Å². The maximum absolute atomic E-state index is 14.6. The summed E-state index contributed by atoms with van der Waals surface area (Å²) in [6.07, 6.45) is 6.44. The van der Waals surface area contributed by atoms with Crippen LogP contribution in [0.3, 0.4) is 0 Å². The van der Waals surface area contributed by atoms with Gasteiger partial charge in [-0.25, -0.2) is 4.98 Å². The number of nitrogens with zero attached hydrogens (tertiary/aromatic N) is 3. The third kappa shape index (κ3) is 4.30.